The van der Waals surface area contributed by atoms with Gasteiger partial charge in [0.05, 0.1) is 17.3 Å². The molecule has 2 N–H and O–H groups in total. The van der Waals surface area contributed by atoms with E-state index in [2.05, 4.69) is 34.9 Å². The average Bonchev–Trinajstić information content (AvgIpc) is 2.68. The Morgan fingerprint density at radius 2 is 1.84 bits per heavy atom. The quantitative estimate of drug-likeness (QED) is 0.921. The van der Waals surface area contributed by atoms with Gasteiger partial charge < -0.3 is 10.5 Å². The van der Waals surface area contributed by atoms with Crippen molar-refractivity contribution in [3.63, 3.8) is 0 Å². The molecule has 0 fully saturated rings. The molecule has 0 aliphatic carbocycles. The molecular formula is C14H18BrN3O. The highest BCUT2D eigenvalue weighted by atomic mass is 79.9. The minimum atomic E-state index is 0.651. The lowest BCUT2D eigenvalue weighted by Crippen LogP contribution is -2.00. The number of hydrogen-bond donors (Lipinski definition) is 1. The van der Waals surface area contributed by atoms with E-state index in [9.17, 15) is 0 Å². The third-order valence-corrected chi connectivity index (χ3v) is 4.51. The molecule has 0 aliphatic heterocycles. The second kappa shape index (κ2) is 4.89. The Morgan fingerprint density at radius 3 is 2.32 bits per heavy atom. The first-order chi connectivity index (χ1) is 8.88. The van der Waals surface area contributed by atoms with E-state index in [-0.39, 0.29) is 0 Å². The minimum Gasteiger partial charge on any atom is -0.495 e. The maximum absolute atomic E-state index is 5.87. The maximum Gasteiger partial charge on any atom is 0.136 e. The number of halogens is 1. The fraction of sp³-hybridized carbons (Fsp3) is 0.357. The van der Waals surface area contributed by atoms with E-state index in [0.29, 0.717) is 5.82 Å². The van der Waals surface area contributed by atoms with Gasteiger partial charge in [-0.3, -0.25) is 4.68 Å². The summed E-state index contributed by atoms with van der Waals surface area (Å²) in [6.07, 6.45) is 0. The third-order valence-electron chi connectivity index (χ3n) is 3.56. The van der Waals surface area contributed by atoms with Gasteiger partial charge in [0, 0.05) is 18.7 Å². The zero-order valence-electron chi connectivity index (χ0n) is 11.8. The number of nitrogens with zero attached hydrogens (tertiary/aromatic N) is 2. The van der Waals surface area contributed by atoms with Crippen molar-refractivity contribution in [2.75, 3.05) is 12.8 Å². The van der Waals surface area contributed by atoms with Crippen molar-refractivity contribution in [3.05, 3.63) is 27.2 Å². The van der Waals surface area contributed by atoms with E-state index < -0.39 is 0 Å². The molecule has 102 valence electrons. The summed E-state index contributed by atoms with van der Waals surface area (Å²) in [5.41, 5.74) is 11.3. The van der Waals surface area contributed by atoms with E-state index in [0.717, 1.165) is 38.2 Å². The van der Waals surface area contributed by atoms with Crippen LogP contribution < -0.4 is 10.5 Å². The molecule has 0 aliphatic rings. The van der Waals surface area contributed by atoms with Crippen molar-refractivity contribution in [2.24, 2.45) is 7.05 Å². The summed E-state index contributed by atoms with van der Waals surface area (Å²) < 4.78 is 8.11. The van der Waals surface area contributed by atoms with Crippen molar-refractivity contribution in [1.29, 1.82) is 0 Å². The predicted molar refractivity (Wildman–Crippen MR) is 81.5 cm³/mol. The molecular weight excluding hydrogens is 306 g/mol. The Balaban J connectivity index is 2.78. The molecule has 2 aromatic rings. The molecule has 0 spiro atoms. The Labute approximate surface area is 121 Å². The fourth-order valence-corrected chi connectivity index (χ4v) is 2.97. The number of rotatable bonds is 2. The van der Waals surface area contributed by atoms with Crippen LogP contribution >= 0.6 is 15.9 Å². The zero-order valence-corrected chi connectivity index (χ0v) is 13.4. The van der Waals surface area contributed by atoms with E-state index in [1.165, 1.54) is 0 Å². The number of ether oxygens (including phenoxy) is 1. The molecule has 0 atom stereocenters. The van der Waals surface area contributed by atoms with E-state index in [4.69, 9.17) is 10.5 Å². The number of anilines is 1. The molecule has 1 aromatic heterocycles. The molecule has 0 unspecified atom stereocenters. The summed E-state index contributed by atoms with van der Waals surface area (Å²) in [5, 5.41) is 4.47. The second-order valence-electron chi connectivity index (χ2n) is 4.68. The Kier molecular flexibility index (Phi) is 3.58. The average molecular weight is 324 g/mol. The summed E-state index contributed by atoms with van der Waals surface area (Å²) in [5.74, 6) is 1.53. The normalized spacial score (nSPS) is 10.8. The predicted octanol–water partition coefficient (Wildman–Crippen LogP) is 3.37. The van der Waals surface area contributed by atoms with Gasteiger partial charge >= 0.3 is 0 Å². The van der Waals surface area contributed by atoms with Crippen molar-refractivity contribution >= 4 is 21.7 Å². The summed E-state index contributed by atoms with van der Waals surface area (Å²) in [6.45, 7) is 6.19. The third kappa shape index (κ3) is 2.12. The van der Waals surface area contributed by atoms with Crippen LogP contribution in [0.5, 0.6) is 5.75 Å². The van der Waals surface area contributed by atoms with Crippen molar-refractivity contribution in [3.8, 4) is 17.0 Å². The van der Waals surface area contributed by atoms with Crippen LogP contribution in [0.25, 0.3) is 11.3 Å². The van der Waals surface area contributed by atoms with E-state index in [1.54, 1.807) is 11.8 Å². The highest BCUT2D eigenvalue weighted by Crippen LogP contribution is 2.41. The lowest BCUT2D eigenvalue weighted by atomic mass is 9.95. The Hall–Kier alpha value is -1.49. The zero-order chi connectivity index (χ0) is 14.3. The van der Waals surface area contributed by atoms with Crippen LogP contribution in [0.1, 0.15) is 16.7 Å². The molecule has 0 saturated heterocycles. The molecule has 0 radical (unpaired) electrons. The molecule has 2 rings (SSSR count). The lowest BCUT2D eigenvalue weighted by molar-refractivity contribution is 0.408. The fourth-order valence-electron chi connectivity index (χ4n) is 2.31. The van der Waals surface area contributed by atoms with Gasteiger partial charge in [-0.25, -0.2) is 0 Å². The maximum atomic E-state index is 5.87. The lowest BCUT2D eigenvalue weighted by Gasteiger charge is -2.17. The highest BCUT2D eigenvalue weighted by molar-refractivity contribution is 9.10. The first-order valence-corrected chi connectivity index (χ1v) is 6.80. The Morgan fingerprint density at radius 1 is 1.21 bits per heavy atom. The number of methoxy groups -OCH3 is 1. The van der Waals surface area contributed by atoms with Gasteiger partial charge in [0.25, 0.3) is 0 Å². The number of aromatic nitrogens is 2. The minimum absolute atomic E-state index is 0.651. The van der Waals surface area contributed by atoms with Gasteiger partial charge in [-0.1, -0.05) is 0 Å². The highest BCUT2D eigenvalue weighted by Gasteiger charge is 2.19. The van der Waals surface area contributed by atoms with Gasteiger partial charge in [-0.2, -0.15) is 5.10 Å². The van der Waals surface area contributed by atoms with Crippen LogP contribution in [0.4, 0.5) is 5.82 Å². The molecule has 1 heterocycles. The number of nitrogen functional groups attached to an aromatic ring is 1. The van der Waals surface area contributed by atoms with Gasteiger partial charge in [-0.15, -0.1) is 0 Å². The molecule has 19 heavy (non-hydrogen) atoms. The van der Waals surface area contributed by atoms with Crippen molar-refractivity contribution < 1.29 is 4.74 Å². The largest absolute Gasteiger partial charge is 0.495 e. The summed E-state index contributed by atoms with van der Waals surface area (Å²) in [4.78, 5) is 0. The van der Waals surface area contributed by atoms with Crippen molar-refractivity contribution in [1.82, 2.24) is 9.78 Å². The van der Waals surface area contributed by atoms with Crippen LogP contribution in [0.2, 0.25) is 0 Å². The number of aryl methyl sites for hydroxylation is 1. The van der Waals surface area contributed by atoms with Crippen LogP contribution in [0, 0.1) is 20.8 Å². The van der Waals surface area contributed by atoms with Crippen LogP contribution in [0.15, 0.2) is 10.5 Å². The molecule has 1 aromatic carbocycles. The summed E-state index contributed by atoms with van der Waals surface area (Å²) in [7, 11) is 3.53. The molecule has 0 amide bonds. The summed E-state index contributed by atoms with van der Waals surface area (Å²) in [6, 6.07) is 1.90. The van der Waals surface area contributed by atoms with Gasteiger partial charge in [0.1, 0.15) is 11.6 Å². The second-order valence-corrected chi connectivity index (χ2v) is 5.47. The van der Waals surface area contributed by atoms with Crippen LogP contribution in [-0.2, 0) is 7.05 Å². The van der Waals surface area contributed by atoms with Crippen LogP contribution in [0.3, 0.4) is 0 Å². The van der Waals surface area contributed by atoms with Gasteiger partial charge in [0.2, 0.25) is 0 Å². The summed E-state index contributed by atoms with van der Waals surface area (Å²) >= 11 is 3.61. The molecule has 0 saturated carbocycles. The molecule has 0 bridgehead atoms. The van der Waals surface area contributed by atoms with Gasteiger partial charge in [0.15, 0.2) is 0 Å². The Bertz CT molecular complexity index is 598. The first-order valence-electron chi connectivity index (χ1n) is 6.01. The standard InChI is InChI=1S/C14H18BrN3O/c1-7-8(2)14(19-5)13(15)9(3)12(7)10-6-11(16)18(4)17-10/h6H,16H2,1-5H3. The van der Waals surface area contributed by atoms with E-state index >= 15 is 0 Å². The monoisotopic (exact) mass is 323 g/mol. The number of nitrogens with two attached hydrogens (primary N) is 1. The first kappa shape index (κ1) is 13.9. The molecule has 4 nitrogen and oxygen atoms in total. The number of benzene rings is 1. The molecule has 5 heteroatoms. The number of hydrogen-bond acceptors (Lipinski definition) is 3. The van der Waals surface area contributed by atoms with E-state index in [1.807, 2.05) is 20.0 Å². The smallest absolute Gasteiger partial charge is 0.136 e. The topological polar surface area (TPSA) is 53.1 Å². The van der Waals surface area contributed by atoms with Crippen molar-refractivity contribution in [2.45, 2.75) is 20.8 Å². The van der Waals surface area contributed by atoms with Crippen LogP contribution in [-0.4, -0.2) is 16.9 Å². The van der Waals surface area contributed by atoms with Gasteiger partial charge in [-0.05, 0) is 53.4 Å². The SMILES string of the molecule is COc1c(C)c(C)c(-c2cc(N)n(C)n2)c(C)c1Br.